The molecule has 0 bridgehead atoms. The topological polar surface area (TPSA) is 57.6 Å². The van der Waals surface area contributed by atoms with Crippen molar-refractivity contribution in [1.82, 2.24) is 4.90 Å². The molecule has 2 aromatic carbocycles. The summed E-state index contributed by atoms with van der Waals surface area (Å²) >= 11 is 0. The molecule has 35 heavy (non-hydrogen) atoms. The molecule has 4 heteroatoms. The lowest BCUT2D eigenvalue weighted by molar-refractivity contribution is -0.138. The van der Waals surface area contributed by atoms with Crippen molar-refractivity contribution in [1.29, 1.82) is 0 Å². The number of fused-ring (bicyclic) bond motifs is 1. The van der Waals surface area contributed by atoms with E-state index in [-0.39, 0.29) is 22.2 Å². The first-order valence-corrected chi connectivity index (χ1v) is 12.8. The fraction of sp³-hybridized carbons (Fsp3) is 0.419. The Hall–Kier alpha value is -3.14. The first-order valence-electron chi connectivity index (χ1n) is 12.8. The summed E-state index contributed by atoms with van der Waals surface area (Å²) in [6.07, 6.45) is 9.54. The predicted molar refractivity (Wildman–Crippen MR) is 139 cm³/mol. The molecule has 0 aromatic heterocycles. The molecule has 1 amide bonds. The molecular formula is C31H35NO3. The molecule has 4 nitrogen and oxygen atoms in total. The Bertz CT molecular complexity index is 1200. The molecule has 2 aliphatic carbocycles. The number of aromatic carboxylic acids is 1. The van der Waals surface area contributed by atoms with Crippen LogP contribution in [0.3, 0.4) is 0 Å². The molecule has 1 aliphatic heterocycles. The maximum Gasteiger partial charge on any atom is 0.335 e. The fourth-order valence-corrected chi connectivity index (χ4v) is 7.02. The maximum atomic E-state index is 14.1. The number of hydrogen-bond donors (Lipinski definition) is 1. The predicted octanol–water partition coefficient (Wildman–Crippen LogP) is 6.49. The number of carbonyl (C=O) groups excluding carboxylic acids is 1. The maximum absolute atomic E-state index is 14.1. The highest BCUT2D eigenvalue weighted by Gasteiger charge is 2.50. The highest BCUT2D eigenvalue weighted by atomic mass is 16.4. The van der Waals surface area contributed by atoms with E-state index in [0.717, 1.165) is 44.2 Å². The quantitative estimate of drug-likeness (QED) is 0.521. The minimum Gasteiger partial charge on any atom is -0.478 e. The van der Waals surface area contributed by atoms with Gasteiger partial charge in [-0.25, -0.2) is 4.79 Å². The summed E-state index contributed by atoms with van der Waals surface area (Å²) in [6, 6.07) is 17.6. The summed E-state index contributed by atoms with van der Waals surface area (Å²) in [6.45, 7) is 8.19. The zero-order valence-corrected chi connectivity index (χ0v) is 21.0. The van der Waals surface area contributed by atoms with Gasteiger partial charge in [-0.2, -0.15) is 0 Å². The number of carboxylic acid groups (broad SMARTS) is 1. The van der Waals surface area contributed by atoms with E-state index < -0.39 is 5.97 Å². The molecule has 0 saturated heterocycles. The fourth-order valence-electron chi connectivity index (χ4n) is 7.02. The van der Waals surface area contributed by atoms with Crippen molar-refractivity contribution in [3.05, 3.63) is 89.0 Å². The summed E-state index contributed by atoms with van der Waals surface area (Å²) < 4.78 is 0. The molecule has 3 aliphatic rings. The minimum absolute atomic E-state index is 0.113. The van der Waals surface area contributed by atoms with Crippen molar-refractivity contribution in [2.75, 3.05) is 13.1 Å². The summed E-state index contributed by atoms with van der Waals surface area (Å²) in [7, 11) is 0. The highest BCUT2D eigenvalue weighted by molar-refractivity contribution is 5.90. The number of rotatable bonds is 4. The van der Waals surface area contributed by atoms with Crippen LogP contribution in [-0.2, 0) is 10.2 Å². The van der Waals surface area contributed by atoms with E-state index >= 15 is 0 Å². The van der Waals surface area contributed by atoms with Crippen LogP contribution in [0.1, 0.15) is 74.4 Å². The number of benzene rings is 2. The van der Waals surface area contributed by atoms with Crippen LogP contribution in [0.25, 0.3) is 5.57 Å². The van der Waals surface area contributed by atoms with Crippen LogP contribution < -0.4 is 0 Å². The van der Waals surface area contributed by atoms with Gasteiger partial charge in [0.15, 0.2) is 0 Å². The first-order chi connectivity index (χ1) is 16.7. The van der Waals surface area contributed by atoms with Gasteiger partial charge in [-0.15, -0.1) is 0 Å². The van der Waals surface area contributed by atoms with Gasteiger partial charge in [-0.1, -0.05) is 93.8 Å². The van der Waals surface area contributed by atoms with Gasteiger partial charge in [0.2, 0.25) is 5.91 Å². The van der Waals surface area contributed by atoms with Crippen LogP contribution in [-0.4, -0.2) is 35.0 Å². The van der Waals surface area contributed by atoms with E-state index in [9.17, 15) is 14.7 Å². The highest BCUT2D eigenvalue weighted by Crippen LogP contribution is 2.56. The number of carbonyl (C=O) groups is 2. The third-order valence-electron chi connectivity index (χ3n) is 8.73. The van der Waals surface area contributed by atoms with E-state index in [0.29, 0.717) is 12.1 Å². The number of amides is 1. The van der Waals surface area contributed by atoms with E-state index in [1.54, 1.807) is 12.1 Å². The Morgan fingerprint density at radius 1 is 0.886 bits per heavy atom. The van der Waals surface area contributed by atoms with Crippen LogP contribution >= 0.6 is 0 Å². The lowest BCUT2D eigenvalue weighted by atomic mass is 9.58. The number of carboxylic acids is 1. The monoisotopic (exact) mass is 469 g/mol. The second kappa shape index (κ2) is 8.51. The van der Waals surface area contributed by atoms with Gasteiger partial charge < -0.3 is 10.0 Å². The van der Waals surface area contributed by atoms with E-state index in [1.165, 1.54) is 16.7 Å². The molecule has 2 aromatic rings. The molecule has 1 N–H and O–H groups in total. The average molecular weight is 470 g/mol. The third kappa shape index (κ3) is 3.84. The smallest absolute Gasteiger partial charge is 0.335 e. The molecule has 1 fully saturated rings. The van der Waals surface area contributed by atoms with Crippen molar-refractivity contribution >= 4 is 17.4 Å². The molecule has 1 atom stereocenters. The lowest BCUT2D eigenvalue weighted by Gasteiger charge is -2.51. The Morgan fingerprint density at radius 2 is 1.54 bits per heavy atom. The van der Waals surface area contributed by atoms with Gasteiger partial charge in [0.05, 0.1) is 11.0 Å². The zero-order valence-electron chi connectivity index (χ0n) is 21.0. The Balaban J connectivity index is 1.44. The number of hydrogen-bond acceptors (Lipinski definition) is 2. The number of allylic oxidation sites excluding steroid dienone is 2. The van der Waals surface area contributed by atoms with Crippen molar-refractivity contribution in [2.24, 2.45) is 10.8 Å². The molecule has 0 radical (unpaired) electrons. The zero-order chi connectivity index (χ0) is 24.8. The van der Waals surface area contributed by atoms with Crippen LogP contribution in [0.2, 0.25) is 0 Å². The molecule has 1 heterocycles. The van der Waals surface area contributed by atoms with Crippen LogP contribution in [0.4, 0.5) is 0 Å². The van der Waals surface area contributed by atoms with Crippen LogP contribution in [0.5, 0.6) is 0 Å². The van der Waals surface area contributed by atoms with E-state index in [4.69, 9.17) is 0 Å². The summed E-state index contributed by atoms with van der Waals surface area (Å²) in [5, 5.41) is 9.26. The lowest BCUT2D eigenvalue weighted by Crippen LogP contribution is -2.53. The summed E-state index contributed by atoms with van der Waals surface area (Å²) in [5.41, 5.74) is 4.45. The molecule has 1 saturated carbocycles. The van der Waals surface area contributed by atoms with Gasteiger partial charge in [0.25, 0.3) is 0 Å². The van der Waals surface area contributed by atoms with Gasteiger partial charge in [0.1, 0.15) is 0 Å². The Morgan fingerprint density at radius 3 is 2.17 bits per heavy atom. The molecule has 0 spiro atoms. The van der Waals surface area contributed by atoms with Gasteiger partial charge >= 0.3 is 5.97 Å². The summed E-state index contributed by atoms with van der Waals surface area (Å²) in [5.74, 6) is -0.620. The molecule has 0 unspecified atom stereocenters. The SMILES string of the molecule is CC1(C)C(c2ccc(C(=O)O)cc2)=CC[C@]2(C)CN(C(=O)C3(c4ccccc4)CCCC3)CC=C12. The number of nitrogens with zero attached hydrogens (tertiary/aromatic N) is 1. The van der Waals surface area contributed by atoms with E-state index in [2.05, 4.69) is 62.1 Å². The van der Waals surface area contributed by atoms with Gasteiger partial charge in [-0.05, 0) is 48.1 Å². The average Bonchev–Trinajstić information content (AvgIpc) is 3.35. The van der Waals surface area contributed by atoms with Crippen molar-refractivity contribution in [3.8, 4) is 0 Å². The third-order valence-corrected chi connectivity index (χ3v) is 8.73. The van der Waals surface area contributed by atoms with E-state index in [1.807, 2.05) is 18.2 Å². The summed E-state index contributed by atoms with van der Waals surface area (Å²) in [4.78, 5) is 27.5. The molecule has 5 rings (SSSR count). The standard InChI is InChI=1S/C31H35NO3/c1-29(2)25(22-11-13-23(14-12-22)27(33)34)15-19-30(3)21-32(20-16-26(29)30)28(35)31(17-7-8-18-31)24-9-5-4-6-10-24/h4-6,9-16H,7-8,17-21H2,1-3H3,(H,33,34)/t30-/m1/s1. The Kier molecular flexibility index (Phi) is 5.74. The first kappa shape index (κ1) is 23.6. The van der Waals surface area contributed by atoms with Gasteiger partial charge in [0, 0.05) is 23.9 Å². The molecule has 182 valence electrons. The van der Waals surface area contributed by atoms with Crippen LogP contribution in [0, 0.1) is 10.8 Å². The Labute approximate surface area is 208 Å². The second-order valence-corrected chi connectivity index (χ2v) is 11.3. The van der Waals surface area contributed by atoms with Crippen molar-refractivity contribution < 1.29 is 14.7 Å². The van der Waals surface area contributed by atoms with Crippen molar-refractivity contribution in [2.45, 2.75) is 58.3 Å². The minimum atomic E-state index is -0.906. The second-order valence-electron chi connectivity index (χ2n) is 11.3. The van der Waals surface area contributed by atoms with Crippen molar-refractivity contribution in [3.63, 3.8) is 0 Å². The van der Waals surface area contributed by atoms with Gasteiger partial charge in [-0.3, -0.25) is 4.79 Å². The van der Waals surface area contributed by atoms with Crippen LogP contribution in [0.15, 0.2) is 72.3 Å². The largest absolute Gasteiger partial charge is 0.478 e. The molecular weight excluding hydrogens is 434 g/mol. The normalized spacial score (nSPS) is 24.8.